The molecule has 4 N–H and O–H groups in total. The third-order valence-corrected chi connectivity index (χ3v) is 4.38. The van der Waals surface area contributed by atoms with Gasteiger partial charge in [-0.15, -0.1) is 0 Å². The van der Waals surface area contributed by atoms with Crippen LogP contribution in [-0.2, 0) is 0 Å². The van der Waals surface area contributed by atoms with Crippen molar-refractivity contribution < 1.29 is 0 Å². The Kier molecular flexibility index (Phi) is 2.91. The zero-order valence-corrected chi connectivity index (χ0v) is 11.9. The summed E-state index contributed by atoms with van der Waals surface area (Å²) < 4.78 is 0. The van der Waals surface area contributed by atoms with Crippen LogP contribution in [0, 0.1) is 0 Å². The van der Waals surface area contributed by atoms with Crippen LogP contribution in [0.4, 0.5) is 11.5 Å². The third-order valence-electron chi connectivity index (χ3n) is 4.38. The van der Waals surface area contributed by atoms with Gasteiger partial charge in [0.2, 0.25) is 0 Å². The fourth-order valence-electron chi connectivity index (χ4n) is 3.31. The second-order valence-corrected chi connectivity index (χ2v) is 5.82. The summed E-state index contributed by atoms with van der Waals surface area (Å²) in [4.78, 5) is 4.59. The summed E-state index contributed by atoms with van der Waals surface area (Å²) in [6, 6.07) is 8.67. The minimum absolute atomic E-state index is 0.516. The maximum absolute atomic E-state index is 6.08. The SMILES string of the molecule is Nc1[nH]nc2nc3ccccc3c(NC3CCCCC3)c12. The van der Waals surface area contributed by atoms with E-state index >= 15 is 0 Å². The lowest BCUT2D eigenvalue weighted by atomic mass is 9.95. The Hall–Kier alpha value is -2.30. The molecule has 4 rings (SSSR count). The first kappa shape index (κ1) is 12.4. The number of benzene rings is 1. The predicted molar refractivity (Wildman–Crippen MR) is 86.3 cm³/mol. The lowest BCUT2D eigenvalue weighted by Gasteiger charge is -2.25. The molecule has 0 aliphatic heterocycles. The van der Waals surface area contributed by atoms with E-state index in [0.29, 0.717) is 17.5 Å². The van der Waals surface area contributed by atoms with Gasteiger partial charge in [-0.1, -0.05) is 37.5 Å². The van der Waals surface area contributed by atoms with Gasteiger partial charge in [0.25, 0.3) is 0 Å². The van der Waals surface area contributed by atoms with Gasteiger partial charge in [0.1, 0.15) is 5.82 Å². The van der Waals surface area contributed by atoms with Crippen molar-refractivity contribution in [1.29, 1.82) is 0 Å². The molecule has 5 heteroatoms. The van der Waals surface area contributed by atoms with E-state index in [9.17, 15) is 0 Å². The monoisotopic (exact) mass is 281 g/mol. The summed E-state index contributed by atoms with van der Waals surface area (Å²) in [5.74, 6) is 0.585. The van der Waals surface area contributed by atoms with Crippen molar-refractivity contribution in [2.45, 2.75) is 38.1 Å². The van der Waals surface area contributed by atoms with Crippen molar-refractivity contribution in [3.63, 3.8) is 0 Å². The van der Waals surface area contributed by atoms with Gasteiger partial charge in [0.05, 0.1) is 16.6 Å². The number of nitrogen functional groups attached to an aromatic ring is 1. The highest BCUT2D eigenvalue weighted by Crippen LogP contribution is 2.34. The normalized spacial score (nSPS) is 16.6. The summed E-state index contributed by atoms with van der Waals surface area (Å²) in [7, 11) is 0. The molecule has 0 saturated heterocycles. The molecule has 2 aromatic heterocycles. The number of anilines is 2. The zero-order chi connectivity index (χ0) is 14.2. The van der Waals surface area contributed by atoms with E-state index in [4.69, 9.17) is 5.73 Å². The van der Waals surface area contributed by atoms with E-state index in [1.807, 2.05) is 18.2 Å². The average molecular weight is 281 g/mol. The molecule has 1 aliphatic rings. The number of pyridine rings is 1. The van der Waals surface area contributed by atoms with Gasteiger partial charge in [-0.05, 0) is 18.9 Å². The van der Waals surface area contributed by atoms with Crippen LogP contribution < -0.4 is 11.1 Å². The Morgan fingerprint density at radius 1 is 1.14 bits per heavy atom. The van der Waals surface area contributed by atoms with Crippen LogP contribution in [0.2, 0.25) is 0 Å². The second-order valence-electron chi connectivity index (χ2n) is 5.82. The van der Waals surface area contributed by atoms with Gasteiger partial charge in [0.15, 0.2) is 5.65 Å². The van der Waals surface area contributed by atoms with Crippen LogP contribution in [0.25, 0.3) is 21.9 Å². The van der Waals surface area contributed by atoms with Gasteiger partial charge >= 0.3 is 0 Å². The minimum Gasteiger partial charge on any atom is -0.383 e. The number of nitrogens with two attached hydrogens (primary N) is 1. The third kappa shape index (κ3) is 2.09. The van der Waals surface area contributed by atoms with Gasteiger partial charge in [-0.25, -0.2) is 4.98 Å². The smallest absolute Gasteiger partial charge is 0.185 e. The summed E-state index contributed by atoms with van der Waals surface area (Å²) in [6.45, 7) is 0. The standard InChI is InChI=1S/C16H19N5/c17-15-13-14(18-10-6-2-1-3-7-10)11-8-4-5-9-12(11)19-16(13)21-20-15/h4-5,8-10H,1-3,6-7H2,(H4,17,18,19,20,21). The van der Waals surface area contributed by atoms with Gasteiger partial charge in [-0.3, -0.25) is 5.10 Å². The Morgan fingerprint density at radius 3 is 2.81 bits per heavy atom. The van der Waals surface area contributed by atoms with E-state index in [2.05, 4.69) is 26.6 Å². The van der Waals surface area contributed by atoms with Crippen molar-refractivity contribution in [1.82, 2.24) is 15.2 Å². The Balaban J connectivity index is 1.90. The molecule has 21 heavy (non-hydrogen) atoms. The molecule has 0 radical (unpaired) electrons. The number of para-hydroxylation sites is 1. The van der Waals surface area contributed by atoms with Crippen molar-refractivity contribution in [3.8, 4) is 0 Å². The largest absolute Gasteiger partial charge is 0.383 e. The van der Waals surface area contributed by atoms with E-state index < -0.39 is 0 Å². The molecular formula is C16H19N5. The fourth-order valence-corrected chi connectivity index (χ4v) is 3.31. The van der Waals surface area contributed by atoms with Crippen molar-refractivity contribution in [3.05, 3.63) is 24.3 Å². The molecule has 0 atom stereocenters. The van der Waals surface area contributed by atoms with Crippen LogP contribution in [-0.4, -0.2) is 21.2 Å². The highest BCUT2D eigenvalue weighted by atomic mass is 15.2. The van der Waals surface area contributed by atoms with Crippen molar-refractivity contribution >= 4 is 33.4 Å². The van der Waals surface area contributed by atoms with Crippen LogP contribution in [0.5, 0.6) is 0 Å². The van der Waals surface area contributed by atoms with Gasteiger partial charge in [-0.2, -0.15) is 5.10 Å². The Morgan fingerprint density at radius 2 is 1.95 bits per heavy atom. The molecule has 0 bridgehead atoms. The fraction of sp³-hybridized carbons (Fsp3) is 0.375. The van der Waals surface area contributed by atoms with Crippen molar-refractivity contribution in [2.75, 3.05) is 11.1 Å². The molecule has 1 aliphatic carbocycles. The Labute approximate surface area is 122 Å². The number of hydrogen-bond donors (Lipinski definition) is 3. The first-order valence-corrected chi connectivity index (χ1v) is 7.62. The first-order valence-electron chi connectivity index (χ1n) is 7.62. The number of H-pyrrole nitrogens is 1. The molecular weight excluding hydrogens is 262 g/mol. The van der Waals surface area contributed by atoms with Crippen LogP contribution in [0.15, 0.2) is 24.3 Å². The zero-order valence-electron chi connectivity index (χ0n) is 11.9. The topological polar surface area (TPSA) is 79.6 Å². The van der Waals surface area contributed by atoms with E-state index in [0.717, 1.165) is 22.0 Å². The summed E-state index contributed by atoms with van der Waals surface area (Å²) in [6.07, 6.45) is 6.37. The number of rotatable bonds is 2. The molecule has 0 amide bonds. The highest BCUT2D eigenvalue weighted by molar-refractivity contribution is 6.10. The van der Waals surface area contributed by atoms with E-state index in [1.54, 1.807) is 0 Å². The maximum Gasteiger partial charge on any atom is 0.185 e. The van der Waals surface area contributed by atoms with Gasteiger partial charge in [0, 0.05) is 11.4 Å². The van der Waals surface area contributed by atoms with Gasteiger partial charge < -0.3 is 11.1 Å². The number of nitrogens with zero attached hydrogens (tertiary/aromatic N) is 2. The maximum atomic E-state index is 6.08. The number of nitrogens with one attached hydrogen (secondary N) is 2. The molecule has 5 nitrogen and oxygen atoms in total. The number of aromatic amines is 1. The molecule has 1 fully saturated rings. The summed E-state index contributed by atoms with van der Waals surface area (Å²) >= 11 is 0. The number of fused-ring (bicyclic) bond motifs is 2. The predicted octanol–water partition coefficient (Wildman–Crippen LogP) is 3.44. The second kappa shape index (κ2) is 4.91. The van der Waals surface area contributed by atoms with Crippen molar-refractivity contribution in [2.24, 2.45) is 0 Å². The summed E-state index contributed by atoms with van der Waals surface area (Å²) in [5, 5.41) is 12.8. The molecule has 3 aromatic rings. The Bertz CT molecular complexity index is 786. The molecule has 108 valence electrons. The lowest BCUT2D eigenvalue weighted by Crippen LogP contribution is -2.22. The number of hydrogen-bond acceptors (Lipinski definition) is 4. The minimum atomic E-state index is 0.516. The van der Waals surface area contributed by atoms with Crippen LogP contribution in [0.3, 0.4) is 0 Å². The summed E-state index contributed by atoms with van der Waals surface area (Å²) in [5.41, 5.74) is 8.79. The molecule has 0 unspecified atom stereocenters. The van der Waals surface area contributed by atoms with E-state index in [1.165, 1.54) is 32.1 Å². The van der Waals surface area contributed by atoms with Crippen LogP contribution >= 0.6 is 0 Å². The quantitative estimate of drug-likeness (QED) is 0.672. The molecule has 2 heterocycles. The number of aromatic nitrogens is 3. The van der Waals surface area contributed by atoms with Crippen LogP contribution in [0.1, 0.15) is 32.1 Å². The lowest BCUT2D eigenvalue weighted by molar-refractivity contribution is 0.463. The highest BCUT2D eigenvalue weighted by Gasteiger charge is 2.19. The first-order chi connectivity index (χ1) is 10.3. The average Bonchev–Trinajstić information content (AvgIpc) is 2.89. The molecule has 1 saturated carbocycles. The molecule has 1 aromatic carbocycles. The van der Waals surface area contributed by atoms with E-state index in [-0.39, 0.29) is 0 Å². The molecule has 0 spiro atoms.